The standard InChI is InChI=1S/C13H17N5O/c1-10-16-12(15-6-7-19)8-13(17-10)18(2)11-4-3-5-14-9-11/h3-5,8-9,19H,6-7H2,1-2H3,(H,15,16,17). The van der Waals surface area contributed by atoms with Gasteiger partial charge in [0.05, 0.1) is 18.5 Å². The first-order valence-corrected chi connectivity index (χ1v) is 6.05. The van der Waals surface area contributed by atoms with Gasteiger partial charge < -0.3 is 15.3 Å². The largest absolute Gasteiger partial charge is 0.395 e. The van der Waals surface area contributed by atoms with Crippen LogP contribution in [0.1, 0.15) is 5.82 Å². The highest BCUT2D eigenvalue weighted by Crippen LogP contribution is 2.22. The zero-order chi connectivity index (χ0) is 13.7. The molecular formula is C13H17N5O. The second-order valence-corrected chi connectivity index (χ2v) is 4.08. The molecule has 0 aliphatic carbocycles. The van der Waals surface area contributed by atoms with Crippen LogP contribution in [0.2, 0.25) is 0 Å². The second kappa shape index (κ2) is 6.10. The summed E-state index contributed by atoms with van der Waals surface area (Å²) in [7, 11) is 1.93. The molecule has 0 aliphatic heterocycles. The summed E-state index contributed by atoms with van der Waals surface area (Å²) in [6, 6.07) is 5.69. The minimum atomic E-state index is 0.0663. The van der Waals surface area contributed by atoms with E-state index in [1.807, 2.05) is 37.1 Å². The van der Waals surface area contributed by atoms with Crippen LogP contribution in [-0.2, 0) is 0 Å². The fourth-order valence-corrected chi connectivity index (χ4v) is 1.68. The molecule has 0 spiro atoms. The SMILES string of the molecule is Cc1nc(NCCO)cc(N(C)c2cccnc2)n1. The van der Waals surface area contributed by atoms with E-state index in [0.29, 0.717) is 18.2 Å². The summed E-state index contributed by atoms with van der Waals surface area (Å²) in [4.78, 5) is 14.7. The second-order valence-electron chi connectivity index (χ2n) is 4.08. The number of hydrogen-bond acceptors (Lipinski definition) is 6. The van der Waals surface area contributed by atoms with E-state index in [1.54, 1.807) is 12.4 Å². The molecule has 0 unspecified atom stereocenters. The number of aryl methyl sites for hydroxylation is 1. The molecule has 0 bridgehead atoms. The zero-order valence-corrected chi connectivity index (χ0v) is 11.0. The quantitative estimate of drug-likeness (QED) is 0.844. The molecule has 100 valence electrons. The molecule has 0 radical (unpaired) electrons. The first-order chi connectivity index (χ1) is 9.20. The summed E-state index contributed by atoms with van der Waals surface area (Å²) in [5, 5.41) is 11.9. The van der Waals surface area contributed by atoms with Gasteiger partial charge in [-0.1, -0.05) is 0 Å². The number of rotatable bonds is 5. The maximum Gasteiger partial charge on any atom is 0.138 e. The predicted octanol–water partition coefficient (Wildman–Crippen LogP) is 1.35. The van der Waals surface area contributed by atoms with Crippen molar-refractivity contribution in [3.05, 3.63) is 36.4 Å². The normalized spacial score (nSPS) is 10.3. The lowest BCUT2D eigenvalue weighted by molar-refractivity contribution is 0.311. The Bertz CT molecular complexity index is 532. The van der Waals surface area contributed by atoms with Crippen LogP contribution in [0.15, 0.2) is 30.6 Å². The van der Waals surface area contributed by atoms with E-state index in [9.17, 15) is 0 Å². The minimum Gasteiger partial charge on any atom is -0.395 e. The van der Waals surface area contributed by atoms with Gasteiger partial charge in [0.2, 0.25) is 0 Å². The molecule has 0 amide bonds. The molecule has 0 saturated heterocycles. The van der Waals surface area contributed by atoms with Crippen LogP contribution < -0.4 is 10.2 Å². The van der Waals surface area contributed by atoms with Crippen LogP contribution in [0.25, 0.3) is 0 Å². The van der Waals surface area contributed by atoms with Gasteiger partial charge in [-0.05, 0) is 19.1 Å². The van der Waals surface area contributed by atoms with Crippen LogP contribution in [0.4, 0.5) is 17.3 Å². The molecular weight excluding hydrogens is 242 g/mol. The first kappa shape index (κ1) is 13.2. The molecule has 0 aromatic carbocycles. The molecule has 0 saturated carbocycles. The van der Waals surface area contributed by atoms with Crippen molar-refractivity contribution in [3.8, 4) is 0 Å². The molecule has 19 heavy (non-hydrogen) atoms. The Labute approximate surface area is 112 Å². The van der Waals surface area contributed by atoms with Gasteiger partial charge in [-0.15, -0.1) is 0 Å². The van der Waals surface area contributed by atoms with Crippen LogP contribution in [0.5, 0.6) is 0 Å². The number of nitrogens with zero attached hydrogens (tertiary/aromatic N) is 4. The molecule has 2 aromatic rings. The summed E-state index contributed by atoms with van der Waals surface area (Å²) < 4.78 is 0. The van der Waals surface area contributed by atoms with Gasteiger partial charge in [0.1, 0.15) is 17.5 Å². The molecule has 2 rings (SSSR count). The Morgan fingerprint density at radius 2 is 2.21 bits per heavy atom. The maximum atomic E-state index is 8.83. The van der Waals surface area contributed by atoms with Crippen molar-refractivity contribution >= 4 is 17.3 Å². The van der Waals surface area contributed by atoms with E-state index in [-0.39, 0.29) is 6.61 Å². The van der Waals surface area contributed by atoms with Crippen LogP contribution in [0.3, 0.4) is 0 Å². The van der Waals surface area contributed by atoms with Crippen molar-refractivity contribution in [2.75, 3.05) is 30.4 Å². The summed E-state index contributed by atoms with van der Waals surface area (Å²) in [6.07, 6.45) is 3.51. The van der Waals surface area contributed by atoms with Gasteiger partial charge in [0, 0.05) is 25.9 Å². The maximum absolute atomic E-state index is 8.83. The number of pyridine rings is 1. The van der Waals surface area contributed by atoms with E-state index in [4.69, 9.17) is 5.11 Å². The van der Waals surface area contributed by atoms with Crippen molar-refractivity contribution in [2.45, 2.75) is 6.92 Å². The van der Waals surface area contributed by atoms with E-state index in [2.05, 4.69) is 20.3 Å². The number of aliphatic hydroxyl groups excluding tert-OH is 1. The number of nitrogens with one attached hydrogen (secondary N) is 1. The lowest BCUT2D eigenvalue weighted by atomic mass is 10.3. The lowest BCUT2D eigenvalue weighted by Gasteiger charge is -2.19. The Morgan fingerprint density at radius 3 is 2.89 bits per heavy atom. The predicted molar refractivity (Wildman–Crippen MR) is 74.6 cm³/mol. The number of aliphatic hydroxyl groups is 1. The summed E-state index contributed by atoms with van der Waals surface area (Å²) in [5.74, 6) is 2.15. The van der Waals surface area contributed by atoms with Crippen molar-refractivity contribution in [1.29, 1.82) is 0 Å². The Kier molecular flexibility index (Phi) is 4.25. The van der Waals surface area contributed by atoms with E-state index < -0.39 is 0 Å². The lowest BCUT2D eigenvalue weighted by Crippen LogP contribution is -2.14. The average molecular weight is 259 g/mol. The smallest absolute Gasteiger partial charge is 0.138 e. The first-order valence-electron chi connectivity index (χ1n) is 6.05. The number of anilines is 3. The van der Waals surface area contributed by atoms with E-state index >= 15 is 0 Å². The molecule has 6 nitrogen and oxygen atoms in total. The third-order valence-corrected chi connectivity index (χ3v) is 2.62. The van der Waals surface area contributed by atoms with Gasteiger partial charge >= 0.3 is 0 Å². The van der Waals surface area contributed by atoms with Crippen LogP contribution in [0, 0.1) is 6.92 Å². The molecule has 2 aromatic heterocycles. The molecule has 2 N–H and O–H groups in total. The van der Waals surface area contributed by atoms with Gasteiger partial charge in [-0.3, -0.25) is 4.98 Å². The summed E-state index contributed by atoms with van der Waals surface area (Å²) >= 11 is 0. The monoisotopic (exact) mass is 259 g/mol. The van der Waals surface area contributed by atoms with Gasteiger partial charge in [-0.25, -0.2) is 9.97 Å². The van der Waals surface area contributed by atoms with E-state index in [0.717, 1.165) is 11.5 Å². The molecule has 0 atom stereocenters. The van der Waals surface area contributed by atoms with Crippen molar-refractivity contribution in [1.82, 2.24) is 15.0 Å². The fourth-order valence-electron chi connectivity index (χ4n) is 1.68. The Balaban J connectivity index is 2.26. The Morgan fingerprint density at radius 1 is 1.37 bits per heavy atom. The Hall–Kier alpha value is -2.21. The van der Waals surface area contributed by atoms with Crippen molar-refractivity contribution in [3.63, 3.8) is 0 Å². The van der Waals surface area contributed by atoms with Crippen molar-refractivity contribution < 1.29 is 5.11 Å². The van der Waals surface area contributed by atoms with Crippen LogP contribution >= 0.6 is 0 Å². The highest BCUT2D eigenvalue weighted by molar-refractivity contribution is 5.60. The van der Waals surface area contributed by atoms with Gasteiger partial charge in [0.15, 0.2) is 0 Å². The zero-order valence-electron chi connectivity index (χ0n) is 11.0. The molecule has 2 heterocycles. The third-order valence-electron chi connectivity index (χ3n) is 2.62. The van der Waals surface area contributed by atoms with Gasteiger partial charge in [-0.2, -0.15) is 0 Å². The topological polar surface area (TPSA) is 74.2 Å². The van der Waals surface area contributed by atoms with Crippen molar-refractivity contribution in [2.24, 2.45) is 0 Å². The molecule has 0 fully saturated rings. The molecule has 0 aliphatic rings. The number of aromatic nitrogens is 3. The summed E-state index contributed by atoms with van der Waals surface area (Å²) in [6.45, 7) is 2.37. The molecule has 6 heteroatoms. The fraction of sp³-hybridized carbons (Fsp3) is 0.308. The average Bonchev–Trinajstić information content (AvgIpc) is 2.44. The number of hydrogen-bond donors (Lipinski definition) is 2. The highest BCUT2D eigenvalue weighted by Gasteiger charge is 2.08. The third kappa shape index (κ3) is 3.38. The highest BCUT2D eigenvalue weighted by atomic mass is 16.3. The van der Waals surface area contributed by atoms with Crippen LogP contribution in [-0.4, -0.2) is 40.3 Å². The van der Waals surface area contributed by atoms with E-state index in [1.165, 1.54) is 0 Å². The minimum absolute atomic E-state index is 0.0663. The van der Waals surface area contributed by atoms with Gasteiger partial charge in [0.25, 0.3) is 0 Å². The summed E-state index contributed by atoms with van der Waals surface area (Å²) in [5.41, 5.74) is 0.953.